The van der Waals surface area contributed by atoms with Crippen molar-refractivity contribution in [3.63, 3.8) is 0 Å². The molecule has 142 valence electrons. The minimum Gasteiger partial charge on any atom is -0.493 e. The number of hydrogen-bond donors (Lipinski definition) is 4. The molecule has 0 aliphatic rings. The lowest BCUT2D eigenvalue weighted by Gasteiger charge is -2.07. The van der Waals surface area contributed by atoms with Gasteiger partial charge in [-0.3, -0.25) is 9.78 Å². The van der Waals surface area contributed by atoms with E-state index in [9.17, 15) is 14.7 Å². The number of nitriles is 1. The van der Waals surface area contributed by atoms with Crippen molar-refractivity contribution in [1.82, 2.24) is 15.3 Å². The number of aromatic amines is 2. The average molecular weight is 376 g/mol. The molecule has 1 amide bonds. The number of rotatable bonds is 7. The predicted octanol–water partition coefficient (Wildman–Crippen LogP) is 2.04. The summed E-state index contributed by atoms with van der Waals surface area (Å²) in [5, 5.41) is 21.0. The SMILES string of the molecule is N#CCc1ccc(-c2ccc(CCNC(=O)Cc3[nH]c(=O)[nH]c3O)cc2)cc1. The van der Waals surface area contributed by atoms with Gasteiger partial charge >= 0.3 is 5.69 Å². The molecule has 1 aromatic heterocycles. The van der Waals surface area contributed by atoms with E-state index >= 15 is 0 Å². The predicted molar refractivity (Wildman–Crippen MR) is 105 cm³/mol. The Hall–Kier alpha value is -3.79. The second-order valence-electron chi connectivity index (χ2n) is 6.41. The molecule has 28 heavy (non-hydrogen) atoms. The van der Waals surface area contributed by atoms with Crippen molar-refractivity contribution < 1.29 is 9.90 Å². The maximum Gasteiger partial charge on any atom is 0.325 e. The summed E-state index contributed by atoms with van der Waals surface area (Å²) in [5.74, 6) is -0.587. The van der Waals surface area contributed by atoms with Crippen molar-refractivity contribution in [1.29, 1.82) is 5.26 Å². The Morgan fingerprint density at radius 2 is 1.61 bits per heavy atom. The summed E-state index contributed by atoms with van der Waals surface area (Å²) in [7, 11) is 0. The smallest absolute Gasteiger partial charge is 0.325 e. The van der Waals surface area contributed by atoms with Gasteiger partial charge in [0.2, 0.25) is 11.8 Å². The number of benzene rings is 2. The van der Waals surface area contributed by atoms with Gasteiger partial charge in [-0.25, -0.2) is 4.79 Å². The van der Waals surface area contributed by atoms with Crippen LogP contribution in [0.5, 0.6) is 5.88 Å². The lowest BCUT2D eigenvalue weighted by atomic mass is 10.0. The van der Waals surface area contributed by atoms with Crippen LogP contribution in [0.2, 0.25) is 0 Å². The van der Waals surface area contributed by atoms with E-state index in [2.05, 4.69) is 21.4 Å². The van der Waals surface area contributed by atoms with Gasteiger partial charge in [-0.15, -0.1) is 0 Å². The first-order valence-corrected chi connectivity index (χ1v) is 8.87. The number of carbonyl (C=O) groups excluding carboxylic acids is 1. The number of carbonyl (C=O) groups is 1. The molecule has 0 aliphatic heterocycles. The monoisotopic (exact) mass is 376 g/mol. The number of H-pyrrole nitrogens is 2. The lowest BCUT2D eigenvalue weighted by molar-refractivity contribution is -0.120. The highest BCUT2D eigenvalue weighted by molar-refractivity contribution is 5.78. The van der Waals surface area contributed by atoms with Gasteiger partial charge in [0.1, 0.15) is 0 Å². The van der Waals surface area contributed by atoms with Crippen molar-refractivity contribution in [2.45, 2.75) is 19.3 Å². The normalized spacial score (nSPS) is 10.4. The maximum absolute atomic E-state index is 11.9. The second kappa shape index (κ2) is 8.73. The molecule has 3 rings (SSSR count). The van der Waals surface area contributed by atoms with Gasteiger partial charge in [0.15, 0.2) is 0 Å². The van der Waals surface area contributed by atoms with Crippen molar-refractivity contribution in [3.05, 3.63) is 75.8 Å². The van der Waals surface area contributed by atoms with Crippen molar-refractivity contribution >= 4 is 5.91 Å². The number of aromatic hydroxyl groups is 1. The highest BCUT2D eigenvalue weighted by atomic mass is 16.3. The third-order valence-electron chi connectivity index (χ3n) is 4.38. The Morgan fingerprint density at radius 3 is 2.14 bits per heavy atom. The summed E-state index contributed by atoms with van der Waals surface area (Å²) in [6, 6.07) is 18.1. The first-order chi connectivity index (χ1) is 13.5. The molecule has 0 atom stereocenters. The van der Waals surface area contributed by atoms with E-state index < -0.39 is 5.69 Å². The van der Waals surface area contributed by atoms with E-state index in [4.69, 9.17) is 5.26 Å². The molecule has 0 spiro atoms. The minimum atomic E-state index is -0.542. The third-order valence-corrected chi connectivity index (χ3v) is 4.38. The quantitative estimate of drug-likeness (QED) is 0.504. The van der Waals surface area contributed by atoms with Gasteiger partial charge in [0.25, 0.3) is 0 Å². The molecule has 0 fully saturated rings. The number of imidazole rings is 1. The van der Waals surface area contributed by atoms with Crippen molar-refractivity contribution in [3.8, 4) is 23.1 Å². The van der Waals surface area contributed by atoms with Gasteiger partial charge in [0.05, 0.1) is 24.6 Å². The first kappa shape index (κ1) is 19.0. The zero-order valence-corrected chi connectivity index (χ0v) is 15.2. The molecular weight excluding hydrogens is 356 g/mol. The summed E-state index contributed by atoms with van der Waals surface area (Å²) < 4.78 is 0. The molecule has 0 saturated heterocycles. The van der Waals surface area contributed by atoms with Crippen LogP contribution in [-0.4, -0.2) is 27.5 Å². The van der Waals surface area contributed by atoms with Crippen LogP contribution in [0.1, 0.15) is 16.8 Å². The molecule has 0 bridgehead atoms. The minimum absolute atomic E-state index is 0.0920. The van der Waals surface area contributed by atoms with Gasteiger partial charge in [-0.2, -0.15) is 5.26 Å². The van der Waals surface area contributed by atoms with Crippen LogP contribution in [0, 0.1) is 11.3 Å². The first-order valence-electron chi connectivity index (χ1n) is 8.87. The van der Waals surface area contributed by atoms with E-state index in [0.29, 0.717) is 19.4 Å². The zero-order valence-electron chi connectivity index (χ0n) is 15.2. The van der Waals surface area contributed by atoms with E-state index in [0.717, 1.165) is 22.3 Å². The molecule has 0 aliphatic carbocycles. The number of aromatic nitrogens is 2. The van der Waals surface area contributed by atoms with Crippen LogP contribution in [-0.2, 0) is 24.1 Å². The van der Waals surface area contributed by atoms with E-state index in [-0.39, 0.29) is 23.9 Å². The molecule has 4 N–H and O–H groups in total. The topological polar surface area (TPSA) is 122 Å². The molecule has 7 nitrogen and oxygen atoms in total. The van der Waals surface area contributed by atoms with Crippen LogP contribution in [0.15, 0.2) is 53.3 Å². The Kier molecular flexibility index (Phi) is 5.92. The highest BCUT2D eigenvalue weighted by Gasteiger charge is 2.10. The Bertz CT molecular complexity index is 1040. The Labute approximate surface area is 161 Å². The molecule has 0 saturated carbocycles. The summed E-state index contributed by atoms with van der Waals surface area (Å²) in [6.07, 6.45) is 0.985. The van der Waals surface area contributed by atoms with Gasteiger partial charge in [-0.05, 0) is 28.7 Å². The lowest BCUT2D eigenvalue weighted by Crippen LogP contribution is -2.27. The molecule has 3 aromatic rings. The molecule has 0 radical (unpaired) electrons. The van der Waals surface area contributed by atoms with Gasteiger partial charge in [-0.1, -0.05) is 48.5 Å². The summed E-state index contributed by atoms with van der Waals surface area (Å²) in [4.78, 5) is 27.5. The Morgan fingerprint density at radius 1 is 1.00 bits per heavy atom. The maximum atomic E-state index is 11.9. The van der Waals surface area contributed by atoms with Gasteiger partial charge in [0, 0.05) is 6.54 Å². The summed E-state index contributed by atoms with van der Waals surface area (Å²) in [5.41, 5.74) is 3.89. The summed E-state index contributed by atoms with van der Waals surface area (Å²) in [6.45, 7) is 0.455. The second-order valence-corrected chi connectivity index (χ2v) is 6.41. The molecule has 7 heteroatoms. The average Bonchev–Trinajstić information content (AvgIpc) is 3.00. The van der Waals surface area contributed by atoms with E-state index in [1.807, 2.05) is 48.5 Å². The van der Waals surface area contributed by atoms with E-state index in [1.165, 1.54) is 0 Å². The van der Waals surface area contributed by atoms with Crippen molar-refractivity contribution in [2.24, 2.45) is 0 Å². The molecule has 1 heterocycles. The third kappa shape index (κ3) is 4.89. The number of hydrogen-bond acceptors (Lipinski definition) is 4. The largest absolute Gasteiger partial charge is 0.493 e. The fourth-order valence-corrected chi connectivity index (χ4v) is 2.88. The zero-order chi connectivity index (χ0) is 19.9. The fraction of sp³-hybridized carbons (Fsp3) is 0.190. The van der Waals surface area contributed by atoms with Crippen LogP contribution in [0.3, 0.4) is 0 Å². The fourth-order valence-electron chi connectivity index (χ4n) is 2.88. The van der Waals surface area contributed by atoms with E-state index in [1.54, 1.807) is 0 Å². The summed E-state index contributed by atoms with van der Waals surface area (Å²) >= 11 is 0. The number of amides is 1. The molecule has 2 aromatic carbocycles. The van der Waals surface area contributed by atoms with Crippen LogP contribution in [0.4, 0.5) is 0 Å². The highest BCUT2D eigenvalue weighted by Crippen LogP contribution is 2.20. The number of nitrogens with zero attached hydrogens (tertiary/aromatic N) is 1. The standard InChI is InChI=1S/C21H20N4O3/c22-11-9-14-1-5-16(6-2-14)17-7-3-15(4-8-17)10-12-23-19(26)13-18-20(27)25-21(28)24-18/h1-8,27H,9-10,12-13H2,(H,23,26)(H2,24,25,28). The molecular formula is C21H20N4O3. The van der Waals surface area contributed by atoms with Crippen LogP contribution >= 0.6 is 0 Å². The molecule has 0 unspecified atom stereocenters. The number of nitrogens with one attached hydrogen (secondary N) is 3. The van der Waals surface area contributed by atoms with Crippen molar-refractivity contribution in [2.75, 3.05) is 6.54 Å². The van der Waals surface area contributed by atoms with Gasteiger partial charge < -0.3 is 15.4 Å². The Balaban J connectivity index is 1.50. The van der Waals surface area contributed by atoms with Crippen LogP contribution in [0.25, 0.3) is 11.1 Å². The van der Waals surface area contributed by atoms with Crippen LogP contribution < -0.4 is 11.0 Å².